The van der Waals surface area contributed by atoms with Gasteiger partial charge in [0.25, 0.3) is 0 Å². The Labute approximate surface area is 118 Å². The SMILES string of the molecule is O=C1CCCCC1.c1ccc2c(c1)[nH]c1ccccc12. The second kappa shape index (κ2) is 5.91. The lowest BCUT2D eigenvalue weighted by Crippen LogP contribution is -2.02. The highest BCUT2D eigenvalue weighted by atomic mass is 16.1. The van der Waals surface area contributed by atoms with Gasteiger partial charge in [0.2, 0.25) is 0 Å². The van der Waals surface area contributed by atoms with E-state index in [1.54, 1.807) is 0 Å². The zero-order valence-electron chi connectivity index (χ0n) is 11.6. The zero-order chi connectivity index (χ0) is 13.8. The molecule has 102 valence electrons. The van der Waals surface area contributed by atoms with Crippen LogP contribution < -0.4 is 0 Å². The smallest absolute Gasteiger partial charge is 0.132 e. The van der Waals surface area contributed by atoms with E-state index >= 15 is 0 Å². The van der Waals surface area contributed by atoms with Crippen LogP contribution in [0.5, 0.6) is 0 Å². The molecule has 1 aliphatic rings. The molecule has 1 aromatic heterocycles. The van der Waals surface area contributed by atoms with Crippen molar-refractivity contribution in [2.24, 2.45) is 0 Å². The van der Waals surface area contributed by atoms with E-state index in [-0.39, 0.29) is 0 Å². The van der Waals surface area contributed by atoms with Crippen molar-refractivity contribution in [3.63, 3.8) is 0 Å². The molecule has 1 aliphatic carbocycles. The number of carbonyl (C=O) groups is 1. The summed E-state index contributed by atoms with van der Waals surface area (Å²) in [6, 6.07) is 16.8. The maximum atomic E-state index is 10.5. The van der Waals surface area contributed by atoms with E-state index in [9.17, 15) is 4.79 Å². The Balaban J connectivity index is 0.000000147. The van der Waals surface area contributed by atoms with Crippen LogP contribution in [-0.4, -0.2) is 10.8 Å². The summed E-state index contributed by atoms with van der Waals surface area (Å²) in [5.41, 5.74) is 2.42. The molecule has 3 aromatic rings. The predicted molar refractivity (Wildman–Crippen MR) is 83.9 cm³/mol. The average molecular weight is 265 g/mol. The van der Waals surface area contributed by atoms with Gasteiger partial charge in [-0.25, -0.2) is 0 Å². The van der Waals surface area contributed by atoms with E-state index in [1.807, 2.05) is 0 Å². The van der Waals surface area contributed by atoms with Crippen molar-refractivity contribution in [2.45, 2.75) is 32.1 Å². The number of aromatic amines is 1. The van der Waals surface area contributed by atoms with Crippen LogP contribution in [-0.2, 0) is 4.79 Å². The minimum Gasteiger partial charge on any atom is -0.355 e. The van der Waals surface area contributed by atoms with E-state index in [0.29, 0.717) is 5.78 Å². The van der Waals surface area contributed by atoms with E-state index in [2.05, 4.69) is 53.5 Å². The van der Waals surface area contributed by atoms with Crippen LogP contribution >= 0.6 is 0 Å². The number of aromatic nitrogens is 1. The Morgan fingerprint density at radius 3 is 1.65 bits per heavy atom. The highest BCUT2D eigenvalue weighted by Gasteiger charge is 2.06. The Morgan fingerprint density at radius 2 is 1.20 bits per heavy atom. The van der Waals surface area contributed by atoms with Crippen LogP contribution in [0, 0.1) is 0 Å². The molecule has 1 heterocycles. The molecule has 20 heavy (non-hydrogen) atoms. The summed E-state index contributed by atoms with van der Waals surface area (Å²) >= 11 is 0. The van der Waals surface area contributed by atoms with Crippen molar-refractivity contribution in [3.8, 4) is 0 Å². The van der Waals surface area contributed by atoms with Crippen LogP contribution in [0.3, 0.4) is 0 Å². The molecular weight excluding hydrogens is 246 g/mol. The molecule has 1 N–H and O–H groups in total. The minimum absolute atomic E-state index is 0.464. The number of hydrogen-bond donors (Lipinski definition) is 1. The largest absolute Gasteiger partial charge is 0.355 e. The van der Waals surface area contributed by atoms with Gasteiger partial charge in [0.1, 0.15) is 5.78 Å². The van der Waals surface area contributed by atoms with Gasteiger partial charge in [0, 0.05) is 34.6 Å². The van der Waals surface area contributed by atoms with E-state index < -0.39 is 0 Å². The molecule has 0 atom stereocenters. The molecule has 2 nitrogen and oxygen atoms in total. The quantitative estimate of drug-likeness (QED) is 0.619. The Bertz CT molecular complexity index is 668. The fraction of sp³-hybridized carbons (Fsp3) is 0.278. The van der Waals surface area contributed by atoms with Crippen molar-refractivity contribution in [2.75, 3.05) is 0 Å². The number of ketones is 1. The lowest BCUT2D eigenvalue weighted by atomic mass is 10.00. The summed E-state index contributed by atoms with van der Waals surface area (Å²) in [6.45, 7) is 0. The number of Topliss-reactive ketones (excluding diaryl/α,β-unsaturated/α-hetero) is 1. The summed E-state index contributed by atoms with van der Waals surface area (Å²) in [5, 5.41) is 2.61. The van der Waals surface area contributed by atoms with Gasteiger partial charge in [-0.3, -0.25) is 4.79 Å². The Hall–Kier alpha value is -2.09. The normalized spacial score (nSPS) is 15.1. The molecule has 0 spiro atoms. The second-order valence-electron chi connectivity index (χ2n) is 5.32. The topological polar surface area (TPSA) is 32.9 Å². The molecule has 0 aliphatic heterocycles. The monoisotopic (exact) mass is 265 g/mol. The first-order valence-corrected chi connectivity index (χ1v) is 7.32. The van der Waals surface area contributed by atoms with Gasteiger partial charge in [-0.15, -0.1) is 0 Å². The van der Waals surface area contributed by atoms with E-state index in [4.69, 9.17) is 0 Å². The lowest BCUT2D eigenvalue weighted by molar-refractivity contribution is -0.120. The van der Waals surface area contributed by atoms with E-state index in [0.717, 1.165) is 25.7 Å². The second-order valence-corrected chi connectivity index (χ2v) is 5.32. The average Bonchev–Trinajstić information content (AvgIpc) is 2.87. The van der Waals surface area contributed by atoms with Crippen molar-refractivity contribution in [1.82, 2.24) is 4.98 Å². The number of nitrogens with one attached hydrogen (secondary N) is 1. The van der Waals surface area contributed by atoms with Crippen molar-refractivity contribution in [3.05, 3.63) is 48.5 Å². The highest BCUT2D eigenvalue weighted by molar-refractivity contribution is 6.06. The maximum Gasteiger partial charge on any atom is 0.132 e. The highest BCUT2D eigenvalue weighted by Crippen LogP contribution is 2.24. The first-order chi connectivity index (χ1) is 9.84. The number of H-pyrrole nitrogens is 1. The Morgan fingerprint density at radius 1 is 0.700 bits per heavy atom. The number of hydrogen-bond acceptors (Lipinski definition) is 1. The molecule has 4 rings (SSSR count). The zero-order valence-corrected chi connectivity index (χ0v) is 11.6. The molecule has 2 aromatic carbocycles. The third-order valence-electron chi connectivity index (χ3n) is 3.82. The molecule has 0 unspecified atom stereocenters. The summed E-state index contributed by atoms with van der Waals surface area (Å²) in [4.78, 5) is 13.8. The van der Waals surface area contributed by atoms with Crippen LogP contribution in [0.15, 0.2) is 48.5 Å². The molecule has 2 heteroatoms. The lowest BCUT2D eigenvalue weighted by Gasteiger charge is -2.05. The summed E-state index contributed by atoms with van der Waals surface area (Å²) in [5.74, 6) is 0.464. The number of fused-ring (bicyclic) bond motifs is 3. The first kappa shape index (κ1) is 12.9. The number of benzene rings is 2. The van der Waals surface area contributed by atoms with Gasteiger partial charge in [-0.2, -0.15) is 0 Å². The number of carbonyl (C=O) groups excluding carboxylic acids is 1. The molecular formula is C18H19NO. The third-order valence-corrected chi connectivity index (χ3v) is 3.82. The van der Waals surface area contributed by atoms with Gasteiger partial charge in [0.15, 0.2) is 0 Å². The van der Waals surface area contributed by atoms with Gasteiger partial charge >= 0.3 is 0 Å². The van der Waals surface area contributed by atoms with Crippen LogP contribution in [0.1, 0.15) is 32.1 Å². The van der Waals surface area contributed by atoms with Crippen molar-refractivity contribution < 1.29 is 4.79 Å². The van der Waals surface area contributed by atoms with Gasteiger partial charge in [-0.1, -0.05) is 42.8 Å². The summed E-state index contributed by atoms with van der Waals surface area (Å²) in [7, 11) is 0. The van der Waals surface area contributed by atoms with Crippen molar-refractivity contribution >= 4 is 27.6 Å². The van der Waals surface area contributed by atoms with Crippen molar-refractivity contribution in [1.29, 1.82) is 0 Å². The standard InChI is InChI=1S/C12H9N.C6H10O/c1-3-7-11-9(5-1)10-6-2-4-8-12(10)13-11;7-6-4-2-1-3-5-6/h1-8,13H;1-5H2. The summed E-state index contributed by atoms with van der Waals surface area (Å²) in [6.07, 6.45) is 5.24. The Kier molecular flexibility index (Phi) is 3.82. The molecule has 0 saturated heterocycles. The fourth-order valence-electron chi connectivity index (χ4n) is 2.75. The van der Waals surface area contributed by atoms with E-state index in [1.165, 1.54) is 28.2 Å². The molecule has 1 fully saturated rings. The van der Waals surface area contributed by atoms with Gasteiger partial charge in [0.05, 0.1) is 0 Å². The number of para-hydroxylation sites is 2. The predicted octanol–water partition coefficient (Wildman–Crippen LogP) is 4.84. The number of rotatable bonds is 0. The van der Waals surface area contributed by atoms with Gasteiger partial charge in [-0.05, 0) is 25.0 Å². The molecule has 0 bridgehead atoms. The first-order valence-electron chi connectivity index (χ1n) is 7.32. The van der Waals surface area contributed by atoms with Crippen LogP contribution in [0.4, 0.5) is 0 Å². The molecule has 0 amide bonds. The molecule has 0 radical (unpaired) electrons. The summed E-state index contributed by atoms with van der Waals surface area (Å²) < 4.78 is 0. The fourth-order valence-corrected chi connectivity index (χ4v) is 2.75. The molecule has 1 saturated carbocycles. The third kappa shape index (κ3) is 2.74. The van der Waals surface area contributed by atoms with Gasteiger partial charge < -0.3 is 4.98 Å². The maximum absolute atomic E-state index is 10.5. The van der Waals surface area contributed by atoms with Crippen LogP contribution in [0.2, 0.25) is 0 Å². The van der Waals surface area contributed by atoms with Crippen LogP contribution in [0.25, 0.3) is 21.8 Å². The minimum atomic E-state index is 0.464.